The van der Waals surface area contributed by atoms with Crippen molar-refractivity contribution in [2.45, 2.75) is 367 Å². The Morgan fingerprint density at radius 1 is 0.348 bits per heavy atom. The number of nitrogens with zero attached hydrogens (tertiary/aromatic N) is 1. The third-order valence-corrected chi connectivity index (χ3v) is 18.1. The van der Waals surface area contributed by atoms with Crippen molar-refractivity contribution in [3.8, 4) is 0 Å². The average Bonchev–Trinajstić information content (AvgIpc) is 2.14. The van der Waals surface area contributed by atoms with E-state index in [4.69, 9.17) is 18.5 Å². The molecule has 0 saturated carbocycles. The smallest absolute Gasteiger partial charge is 0.306 e. The second-order valence-electron chi connectivity index (χ2n) is 27.3. The number of ether oxygens (including phenoxy) is 2. The molecule has 0 aliphatic carbocycles. The molecule has 0 heterocycles. The molecule has 0 bridgehead atoms. The fourth-order valence-electron chi connectivity index (χ4n) is 11.2. The summed E-state index contributed by atoms with van der Waals surface area (Å²) in [4.78, 5) is 38.1. The summed E-state index contributed by atoms with van der Waals surface area (Å²) in [5.74, 6) is -0.833. The third kappa shape index (κ3) is 76.0. The fourth-order valence-corrected chi connectivity index (χ4v) is 11.9. The second-order valence-corrected chi connectivity index (χ2v) is 28.8. The van der Waals surface area contributed by atoms with Crippen LogP contribution in [0.15, 0.2) is 97.2 Å². The predicted octanol–water partition coefficient (Wildman–Crippen LogP) is 25.2. The minimum absolute atomic E-state index is 0.0350. The van der Waals surface area contributed by atoms with Gasteiger partial charge in [0, 0.05) is 12.8 Å². The van der Waals surface area contributed by atoms with Crippen molar-refractivity contribution >= 4 is 19.8 Å². The van der Waals surface area contributed by atoms with Crippen LogP contribution < -0.4 is 4.89 Å². The van der Waals surface area contributed by atoms with E-state index in [2.05, 4.69) is 111 Å². The Kier molecular flexibility index (Phi) is 69.8. The van der Waals surface area contributed by atoms with Crippen molar-refractivity contribution < 1.29 is 42.1 Å². The minimum atomic E-state index is -4.65. The number of carbonyl (C=O) groups excluding carboxylic acids is 2. The number of quaternary nitrogens is 1. The molecule has 2 atom stereocenters. The summed E-state index contributed by atoms with van der Waals surface area (Å²) in [6.07, 6.45) is 101. The van der Waals surface area contributed by atoms with Crippen LogP contribution >= 0.6 is 7.82 Å². The summed E-state index contributed by atoms with van der Waals surface area (Å²) in [5.41, 5.74) is 0. The van der Waals surface area contributed by atoms with Gasteiger partial charge in [0.15, 0.2) is 6.10 Å². The van der Waals surface area contributed by atoms with Gasteiger partial charge >= 0.3 is 11.9 Å². The monoisotopic (exact) mass is 1310 g/mol. The number of phosphoric ester groups is 1. The highest BCUT2D eigenvalue weighted by molar-refractivity contribution is 7.45. The van der Waals surface area contributed by atoms with Gasteiger partial charge in [0.2, 0.25) is 0 Å². The molecular formula is C82H148NO8P. The Hall–Kier alpha value is -3.07. The van der Waals surface area contributed by atoms with E-state index in [9.17, 15) is 19.0 Å². The average molecular weight is 1310 g/mol. The molecule has 9 nitrogen and oxygen atoms in total. The van der Waals surface area contributed by atoms with Gasteiger partial charge in [0.1, 0.15) is 19.8 Å². The topological polar surface area (TPSA) is 111 Å². The van der Waals surface area contributed by atoms with Crippen molar-refractivity contribution in [2.75, 3.05) is 47.5 Å². The largest absolute Gasteiger partial charge is 0.756 e. The SMILES string of the molecule is CC/C=C\C/C=C\C/C=C\C/C=C\C/C=C\C/C=C\CCCCCCCCCCC(=O)OC(COC(=O)CCCCCCCCCCCCCCCCCCCCCCCCCCCCCCC/C=C\C/C=C\CCCCCCC)COP(=O)([O-])OCC[N+](C)(C)C. The van der Waals surface area contributed by atoms with Gasteiger partial charge in [-0.25, -0.2) is 0 Å². The van der Waals surface area contributed by atoms with Crippen LogP contribution in [-0.2, 0) is 32.7 Å². The highest BCUT2D eigenvalue weighted by Gasteiger charge is 2.22. The van der Waals surface area contributed by atoms with Gasteiger partial charge < -0.3 is 27.9 Å². The number of hydrogen-bond donors (Lipinski definition) is 0. The normalized spacial score (nSPS) is 13.6. The summed E-state index contributed by atoms with van der Waals surface area (Å²) >= 11 is 0. The zero-order chi connectivity index (χ0) is 66.9. The first kappa shape index (κ1) is 88.9. The number of esters is 2. The molecule has 0 aromatic rings. The molecule has 534 valence electrons. The lowest BCUT2D eigenvalue weighted by Gasteiger charge is -2.28. The summed E-state index contributed by atoms with van der Waals surface area (Å²) < 4.78 is 34.4. The Bertz CT molecular complexity index is 1880. The number of likely N-dealkylation sites (N-methyl/N-ethyl adjacent to an activating group) is 1. The molecule has 2 unspecified atom stereocenters. The molecule has 0 fully saturated rings. The van der Waals surface area contributed by atoms with Crippen molar-refractivity contribution in [3.63, 3.8) is 0 Å². The summed E-state index contributed by atoms with van der Waals surface area (Å²) in [6.45, 7) is 4.14. The van der Waals surface area contributed by atoms with Gasteiger partial charge in [-0.2, -0.15) is 0 Å². The highest BCUT2D eigenvalue weighted by Crippen LogP contribution is 2.38. The first-order valence-corrected chi connectivity index (χ1v) is 40.4. The molecule has 0 spiro atoms. The van der Waals surface area contributed by atoms with E-state index in [0.29, 0.717) is 17.4 Å². The summed E-state index contributed by atoms with van der Waals surface area (Å²) in [6, 6.07) is 0. The summed E-state index contributed by atoms with van der Waals surface area (Å²) in [7, 11) is 1.16. The van der Waals surface area contributed by atoms with Gasteiger partial charge in [0.05, 0.1) is 27.7 Å². The number of carbonyl (C=O) groups is 2. The van der Waals surface area contributed by atoms with Gasteiger partial charge in [-0.1, -0.05) is 349 Å². The molecule has 10 heteroatoms. The lowest BCUT2D eigenvalue weighted by molar-refractivity contribution is -0.870. The Labute approximate surface area is 570 Å². The van der Waals surface area contributed by atoms with Crippen molar-refractivity contribution in [1.82, 2.24) is 0 Å². The lowest BCUT2D eigenvalue weighted by atomic mass is 10.0. The molecule has 0 aliphatic heterocycles. The number of unbranched alkanes of at least 4 members (excludes halogenated alkanes) is 42. The molecule has 0 amide bonds. The van der Waals surface area contributed by atoms with Crippen molar-refractivity contribution in [1.29, 1.82) is 0 Å². The maximum absolute atomic E-state index is 12.9. The predicted molar refractivity (Wildman–Crippen MR) is 397 cm³/mol. The third-order valence-electron chi connectivity index (χ3n) is 17.1. The number of allylic oxidation sites excluding steroid dienone is 16. The van der Waals surface area contributed by atoms with Crippen molar-refractivity contribution in [2.24, 2.45) is 0 Å². The number of hydrogen-bond acceptors (Lipinski definition) is 8. The Morgan fingerprint density at radius 2 is 0.620 bits per heavy atom. The van der Waals surface area contributed by atoms with E-state index in [1.165, 1.54) is 238 Å². The van der Waals surface area contributed by atoms with E-state index in [0.717, 1.165) is 89.9 Å². The van der Waals surface area contributed by atoms with E-state index in [1.807, 2.05) is 21.1 Å². The molecule has 0 aromatic heterocycles. The highest BCUT2D eigenvalue weighted by atomic mass is 31.2. The van der Waals surface area contributed by atoms with E-state index < -0.39 is 26.5 Å². The maximum atomic E-state index is 12.9. The van der Waals surface area contributed by atoms with Crippen LogP contribution in [0.25, 0.3) is 0 Å². The molecule has 0 aliphatic rings. The van der Waals surface area contributed by atoms with Gasteiger partial charge in [-0.05, 0) is 96.3 Å². The van der Waals surface area contributed by atoms with E-state index >= 15 is 0 Å². The molecular weight excluding hydrogens is 1160 g/mol. The zero-order valence-electron chi connectivity index (χ0n) is 61.0. The van der Waals surface area contributed by atoms with Crippen LogP contribution in [0.5, 0.6) is 0 Å². The minimum Gasteiger partial charge on any atom is -0.756 e. The molecule has 92 heavy (non-hydrogen) atoms. The molecule has 0 N–H and O–H groups in total. The molecule has 0 rings (SSSR count). The van der Waals surface area contributed by atoms with Crippen LogP contribution in [0.4, 0.5) is 0 Å². The second kappa shape index (κ2) is 72.2. The first-order chi connectivity index (χ1) is 45.0. The standard InChI is InChI=1S/C82H148NO8P/c1-6-8-10-12-14-16-18-20-22-24-26-28-30-32-34-35-36-37-38-39-40-41-42-43-44-45-46-47-49-50-52-54-56-58-60-62-64-66-68-70-72-74-81(84)88-78-80(79-90-92(86,87)89-77-76-83(3,4)5)91-82(85)75-73-71-69-67-65-63-61-59-57-55-53-51-48-33-31-29-27-25-23-21-19-17-15-13-11-9-7-2/h9,11,15,17-18,20-21,23-24,26-27,29,33,48,53,55,80H,6-8,10,12-14,16,19,22,25,28,30-32,34-47,49-52,54,56-79H2,1-5H3/b11-9-,17-15-,20-18-,23-21-,26-24-,29-27-,48-33-,55-53-. The number of phosphoric acid groups is 1. The van der Waals surface area contributed by atoms with Crippen LogP contribution in [0.1, 0.15) is 361 Å². The summed E-state index contributed by atoms with van der Waals surface area (Å²) in [5, 5.41) is 0. The van der Waals surface area contributed by atoms with E-state index in [-0.39, 0.29) is 32.0 Å². The lowest BCUT2D eigenvalue weighted by Crippen LogP contribution is -2.37. The van der Waals surface area contributed by atoms with Crippen LogP contribution in [0, 0.1) is 0 Å². The zero-order valence-corrected chi connectivity index (χ0v) is 61.9. The quantitative estimate of drug-likeness (QED) is 0.0195. The van der Waals surface area contributed by atoms with Crippen LogP contribution in [0.2, 0.25) is 0 Å². The fraction of sp³-hybridized carbons (Fsp3) is 0.780. The molecule has 0 aromatic carbocycles. The van der Waals surface area contributed by atoms with Crippen molar-refractivity contribution in [3.05, 3.63) is 97.2 Å². The van der Waals surface area contributed by atoms with Crippen LogP contribution in [0.3, 0.4) is 0 Å². The maximum Gasteiger partial charge on any atom is 0.306 e. The number of rotatable bonds is 72. The van der Waals surface area contributed by atoms with Gasteiger partial charge in [-0.3, -0.25) is 14.2 Å². The van der Waals surface area contributed by atoms with Gasteiger partial charge in [-0.15, -0.1) is 0 Å². The molecule has 0 radical (unpaired) electrons. The first-order valence-electron chi connectivity index (χ1n) is 38.9. The van der Waals surface area contributed by atoms with Crippen LogP contribution in [-0.4, -0.2) is 70.0 Å². The molecule has 0 saturated heterocycles. The van der Waals surface area contributed by atoms with Gasteiger partial charge in [0.25, 0.3) is 7.82 Å². The Balaban J connectivity index is 3.93. The Morgan fingerprint density at radius 3 is 0.924 bits per heavy atom. The van der Waals surface area contributed by atoms with E-state index in [1.54, 1.807) is 0 Å².